The standard InChI is InChI=1S/C19H30FN/c1-14-10-11-18(20)17(12-14)16-9-7-5-6-8-15(16)13-21-19(2,3)4/h10-12,15-16,21H,5-9,13H2,1-4H3. The van der Waals surface area contributed by atoms with Crippen molar-refractivity contribution in [2.24, 2.45) is 5.92 Å². The summed E-state index contributed by atoms with van der Waals surface area (Å²) >= 11 is 0. The minimum Gasteiger partial charge on any atom is -0.312 e. The summed E-state index contributed by atoms with van der Waals surface area (Å²) < 4.78 is 14.3. The molecular formula is C19H30FN. The van der Waals surface area contributed by atoms with Crippen LogP contribution in [0.25, 0.3) is 0 Å². The Morgan fingerprint density at radius 2 is 1.86 bits per heavy atom. The van der Waals surface area contributed by atoms with Gasteiger partial charge in [-0.3, -0.25) is 0 Å². The minimum atomic E-state index is -0.0201. The number of rotatable bonds is 3. The Morgan fingerprint density at radius 1 is 1.14 bits per heavy atom. The SMILES string of the molecule is Cc1ccc(F)c(C2CCCCCC2CNC(C)(C)C)c1. The largest absolute Gasteiger partial charge is 0.312 e. The summed E-state index contributed by atoms with van der Waals surface area (Å²) in [5.74, 6) is 0.888. The first-order chi connectivity index (χ1) is 9.87. The van der Waals surface area contributed by atoms with E-state index in [0.717, 1.165) is 24.1 Å². The molecule has 1 aromatic carbocycles. The summed E-state index contributed by atoms with van der Waals surface area (Å²) in [6.07, 6.45) is 6.12. The van der Waals surface area contributed by atoms with Gasteiger partial charge < -0.3 is 5.32 Å². The van der Waals surface area contributed by atoms with E-state index >= 15 is 0 Å². The highest BCUT2D eigenvalue weighted by Gasteiger charge is 2.28. The van der Waals surface area contributed by atoms with Crippen LogP contribution < -0.4 is 5.32 Å². The zero-order chi connectivity index (χ0) is 15.5. The summed E-state index contributed by atoms with van der Waals surface area (Å²) in [6, 6.07) is 5.58. The van der Waals surface area contributed by atoms with Crippen molar-refractivity contribution in [3.63, 3.8) is 0 Å². The summed E-state index contributed by atoms with van der Waals surface area (Å²) in [5, 5.41) is 3.63. The van der Waals surface area contributed by atoms with Crippen molar-refractivity contribution in [3.8, 4) is 0 Å². The summed E-state index contributed by atoms with van der Waals surface area (Å²) in [6.45, 7) is 9.65. The number of halogens is 1. The zero-order valence-electron chi connectivity index (χ0n) is 14.0. The molecule has 2 rings (SSSR count). The van der Waals surface area contributed by atoms with Crippen LogP contribution in [-0.2, 0) is 0 Å². The molecule has 1 aliphatic rings. The van der Waals surface area contributed by atoms with Crippen LogP contribution in [0.2, 0.25) is 0 Å². The van der Waals surface area contributed by atoms with E-state index in [4.69, 9.17) is 0 Å². The first-order valence-corrected chi connectivity index (χ1v) is 8.38. The number of aryl methyl sites for hydroxylation is 1. The fourth-order valence-electron chi connectivity index (χ4n) is 3.42. The topological polar surface area (TPSA) is 12.0 Å². The van der Waals surface area contributed by atoms with Gasteiger partial charge in [-0.05, 0) is 70.5 Å². The van der Waals surface area contributed by atoms with Crippen molar-refractivity contribution in [3.05, 3.63) is 35.1 Å². The highest BCUT2D eigenvalue weighted by Crippen LogP contribution is 2.38. The van der Waals surface area contributed by atoms with Crippen LogP contribution >= 0.6 is 0 Å². The third-order valence-corrected chi connectivity index (χ3v) is 4.60. The zero-order valence-corrected chi connectivity index (χ0v) is 14.0. The Balaban J connectivity index is 2.20. The third-order valence-electron chi connectivity index (χ3n) is 4.60. The number of hydrogen-bond acceptors (Lipinski definition) is 1. The molecule has 1 aliphatic carbocycles. The van der Waals surface area contributed by atoms with Crippen molar-refractivity contribution in [1.29, 1.82) is 0 Å². The van der Waals surface area contributed by atoms with Crippen LogP contribution in [0.3, 0.4) is 0 Å². The van der Waals surface area contributed by atoms with Crippen LogP contribution in [0, 0.1) is 18.7 Å². The van der Waals surface area contributed by atoms with E-state index in [9.17, 15) is 4.39 Å². The van der Waals surface area contributed by atoms with Crippen LogP contribution in [0.4, 0.5) is 4.39 Å². The van der Waals surface area contributed by atoms with E-state index in [1.54, 1.807) is 6.07 Å². The maximum Gasteiger partial charge on any atom is 0.126 e. The molecule has 0 amide bonds. The lowest BCUT2D eigenvalue weighted by Gasteiger charge is -2.30. The average molecular weight is 291 g/mol. The number of hydrogen-bond donors (Lipinski definition) is 1. The molecular weight excluding hydrogens is 261 g/mol. The summed E-state index contributed by atoms with van der Waals surface area (Å²) in [4.78, 5) is 0. The maximum atomic E-state index is 14.3. The van der Waals surface area contributed by atoms with Gasteiger partial charge in [-0.15, -0.1) is 0 Å². The molecule has 21 heavy (non-hydrogen) atoms. The molecule has 0 aliphatic heterocycles. The molecule has 2 atom stereocenters. The third kappa shape index (κ3) is 4.81. The van der Waals surface area contributed by atoms with Gasteiger partial charge in [0.15, 0.2) is 0 Å². The summed E-state index contributed by atoms with van der Waals surface area (Å²) in [7, 11) is 0. The molecule has 118 valence electrons. The lowest BCUT2D eigenvalue weighted by Crippen LogP contribution is -2.40. The Bertz CT molecular complexity index is 461. The van der Waals surface area contributed by atoms with Gasteiger partial charge in [0.1, 0.15) is 5.82 Å². The molecule has 2 unspecified atom stereocenters. The predicted molar refractivity (Wildman–Crippen MR) is 88.2 cm³/mol. The second-order valence-corrected chi connectivity index (χ2v) is 7.66. The molecule has 0 spiro atoms. The van der Waals surface area contributed by atoms with Gasteiger partial charge in [0.2, 0.25) is 0 Å². The first kappa shape index (κ1) is 16.5. The summed E-state index contributed by atoms with van der Waals surface area (Å²) in [5.41, 5.74) is 2.23. The lowest BCUT2D eigenvalue weighted by molar-refractivity contribution is 0.318. The van der Waals surface area contributed by atoms with Gasteiger partial charge in [0.25, 0.3) is 0 Å². The number of nitrogens with one attached hydrogen (secondary N) is 1. The molecule has 0 bridgehead atoms. The molecule has 0 aromatic heterocycles. The van der Waals surface area contributed by atoms with Gasteiger partial charge in [0.05, 0.1) is 0 Å². The maximum absolute atomic E-state index is 14.3. The second-order valence-electron chi connectivity index (χ2n) is 7.66. The van der Waals surface area contributed by atoms with Crippen LogP contribution in [0.15, 0.2) is 18.2 Å². The molecule has 1 aromatic rings. The first-order valence-electron chi connectivity index (χ1n) is 8.38. The molecule has 1 fully saturated rings. The van der Waals surface area contributed by atoms with E-state index in [-0.39, 0.29) is 11.4 Å². The van der Waals surface area contributed by atoms with E-state index in [0.29, 0.717) is 11.8 Å². The Hall–Kier alpha value is -0.890. The molecule has 0 radical (unpaired) electrons. The van der Waals surface area contributed by atoms with Gasteiger partial charge >= 0.3 is 0 Å². The molecule has 2 heteroatoms. The molecule has 0 saturated heterocycles. The second kappa shape index (κ2) is 6.91. The predicted octanol–water partition coefficient (Wildman–Crippen LogP) is 5.19. The van der Waals surface area contributed by atoms with E-state index in [1.807, 2.05) is 6.07 Å². The molecule has 1 N–H and O–H groups in total. The van der Waals surface area contributed by atoms with E-state index < -0.39 is 0 Å². The Morgan fingerprint density at radius 3 is 2.57 bits per heavy atom. The fourth-order valence-corrected chi connectivity index (χ4v) is 3.42. The minimum absolute atomic E-state index is 0.0201. The van der Waals surface area contributed by atoms with Crippen LogP contribution in [-0.4, -0.2) is 12.1 Å². The van der Waals surface area contributed by atoms with Gasteiger partial charge in [-0.2, -0.15) is 0 Å². The fraction of sp³-hybridized carbons (Fsp3) is 0.684. The van der Waals surface area contributed by atoms with Crippen LogP contribution in [0.1, 0.15) is 69.9 Å². The lowest BCUT2D eigenvalue weighted by atomic mass is 9.81. The van der Waals surface area contributed by atoms with Gasteiger partial charge in [-0.1, -0.05) is 37.0 Å². The van der Waals surface area contributed by atoms with Crippen LogP contribution in [0.5, 0.6) is 0 Å². The Labute approximate surface area is 129 Å². The van der Waals surface area contributed by atoms with Gasteiger partial charge in [0, 0.05) is 5.54 Å². The van der Waals surface area contributed by atoms with Crippen molar-refractivity contribution in [2.45, 2.75) is 71.3 Å². The van der Waals surface area contributed by atoms with Crippen molar-refractivity contribution >= 4 is 0 Å². The Kier molecular flexibility index (Phi) is 5.43. The highest BCUT2D eigenvalue weighted by molar-refractivity contribution is 5.28. The quantitative estimate of drug-likeness (QED) is 0.756. The highest BCUT2D eigenvalue weighted by atomic mass is 19.1. The smallest absolute Gasteiger partial charge is 0.126 e. The van der Waals surface area contributed by atoms with Crippen molar-refractivity contribution in [2.75, 3.05) is 6.54 Å². The van der Waals surface area contributed by atoms with E-state index in [1.165, 1.54) is 25.7 Å². The molecule has 0 heterocycles. The molecule has 1 nitrogen and oxygen atoms in total. The van der Waals surface area contributed by atoms with E-state index in [2.05, 4.69) is 39.1 Å². The normalized spacial score (nSPS) is 23.9. The monoisotopic (exact) mass is 291 g/mol. The number of benzene rings is 1. The van der Waals surface area contributed by atoms with Crippen molar-refractivity contribution < 1.29 is 4.39 Å². The van der Waals surface area contributed by atoms with Crippen molar-refractivity contribution in [1.82, 2.24) is 5.32 Å². The van der Waals surface area contributed by atoms with Gasteiger partial charge in [-0.25, -0.2) is 4.39 Å². The molecule has 1 saturated carbocycles. The average Bonchev–Trinajstić information content (AvgIpc) is 2.63.